The molecule has 1 saturated heterocycles. The normalized spacial score (nSPS) is 18.9. The number of aliphatic imine (C=N–C) groups is 1. The molecule has 1 atom stereocenters. The first kappa shape index (κ1) is 27.0. The van der Waals surface area contributed by atoms with Gasteiger partial charge in [-0.2, -0.15) is 0 Å². The standard InChI is InChI=1S/C31H28BrClN4O2S/c1-20-29(30(38)36-17-15-35(16-18-36)25-11-7-23(32)8-12-25)40-31-34-27(21-5-13-26(39-2)14-6-21)19-28(37(20)31)22-3-9-24(33)10-4-22/h3-14,19,28H,15-18H2,1-2H3. The number of allylic oxidation sites excluding steroid dienone is 1. The molecule has 3 aliphatic rings. The van der Waals surface area contributed by atoms with E-state index in [0.29, 0.717) is 18.1 Å². The molecule has 3 aliphatic heterocycles. The number of fused-ring (bicyclic) bond motifs is 1. The van der Waals surface area contributed by atoms with Gasteiger partial charge in [0.15, 0.2) is 5.17 Å². The van der Waals surface area contributed by atoms with Crippen molar-refractivity contribution in [2.24, 2.45) is 4.99 Å². The molecule has 3 aromatic carbocycles. The van der Waals surface area contributed by atoms with Crippen LogP contribution in [0.1, 0.15) is 24.1 Å². The molecule has 3 heterocycles. The van der Waals surface area contributed by atoms with E-state index in [0.717, 1.165) is 55.9 Å². The minimum Gasteiger partial charge on any atom is -0.497 e. The maximum absolute atomic E-state index is 13.8. The number of amides is 1. The lowest BCUT2D eigenvalue weighted by Gasteiger charge is -2.36. The van der Waals surface area contributed by atoms with Crippen molar-refractivity contribution in [1.82, 2.24) is 9.80 Å². The molecule has 3 aromatic rings. The van der Waals surface area contributed by atoms with Gasteiger partial charge in [0.1, 0.15) is 5.75 Å². The summed E-state index contributed by atoms with van der Waals surface area (Å²) in [6.07, 6.45) is 2.16. The van der Waals surface area contributed by atoms with Crippen LogP contribution in [0, 0.1) is 0 Å². The van der Waals surface area contributed by atoms with Gasteiger partial charge in [-0.15, -0.1) is 0 Å². The number of benzene rings is 3. The van der Waals surface area contributed by atoms with Gasteiger partial charge in [-0.1, -0.05) is 39.7 Å². The van der Waals surface area contributed by atoms with Gasteiger partial charge in [-0.05, 0) is 91.0 Å². The maximum atomic E-state index is 13.8. The number of ether oxygens (including phenoxy) is 1. The number of amidine groups is 1. The highest BCUT2D eigenvalue weighted by molar-refractivity contribution is 9.10. The Labute approximate surface area is 252 Å². The number of anilines is 1. The van der Waals surface area contributed by atoms with Crippen LogP contribution in [0.15, 0.2) is 98.9 Å². The Morgan fingerprint density at radius 3 is 2.30 bits per heavy atom. The number of hydrogen-bond donors (Lipinski definition) is 0. The van der Waals surface area contributed by atoms with E-state index in [-0.39, 0.29) is 11.9 Å². The molecule has 9 heteroatoms. The van der Waals surface area contributed by atoms with Crippen molar-refractivity contribution in [3.8, 4) is 5.75 Å². The largest absolute Gasteiger partial charge is 0.497 e. The molecule has 6 nitrogen and oxygen atoms in total. The van der Waals surface area contributed by atoms with Crippen LogP contribution >= 0.6 is 39.3 Å². The number of nitrogens with zero attached hydrogens (tertiary/aromatic N) is 4. The molecular weight excluding hydrogens is 608 g/mol. The average molecular weight is 636 g/mol. The first-order valence-corrected chi connectivity index (χ1v) is 15.1. The fourth-order valence-electron chi connectivity index (χ4n) is 5.23. The molecule has 0 aromatic heterocycles. The van der Waals surface area contributed by atoms with Gasteiger partial charge in [-0.3, -0.25) is 4.79 Å². The summed E-state index contributed by atoms with van der Waals surface area (Å²) in [5, 5.41) is 1.50. The molecule has 0 bridgehead atoms. The van der Waals surface area contributed by atoms with E-state index in [1.54, 1.807) is 7.11 Å². The van der Waals surface area contributed by atoms with E-state index < -0.39 is 0 Å². The van der Waals surface area contributed by atoms with Crippen LogP contribution in [-0.2, 0) is 4.79 Å². The Morgan fingerprint density at radius 1 is 0.975 bits per heavy atom. The predicted octanol–water partition coefficient (Wildman–Crippen LogP) is 7.19. The number of methoxy groups -OCH3 is 1. The highest BCUT2D eigenvalue weighted by Crippen LogP contribution is 2.46. The van der Waals surface area contributed by atoms with Crippen LogP contribution in [0.2, 0.25) is 5.02 Å². The fourth-order valence-corrected chi connectivity index (χ4v) is 6.75. The lowest BCUT2D eigenvalue weighted by molar-refractivity contribution is -0.126. The number of thioether (sulfide) groups is 1. The second kappa shape index (κ2) is 11.4. The van der Waals surface area contributed by atoms with Crippen LogP contribution in [0.25, 0.3) is 5.70 Å². The highest BCUT2D eigenvalue weighted by Gasteiger charge is 2.39. The molecule has 204 valence electrons. The quantitative estimate of drug-likeness (QED) is 0.297. The number of hydrogen-bond acceptors (Lipinski definition) is 6. The van der Waals surface area contributed by atoms with E-state index in [2.05, 4.69) is 56.1 Å². The Hall–Kier alpha value is -3.20. The summed E-state index contributed by atoms with van der Waals surface area (Å²) in [6, 6.07) is 24.0. The number of piperazine rings is 1. The Kier molecular flexibility index (Phi) is 7.66. The molecule has 0 saturated carbocycles. The number of halogens is 2. The zero-order chi connectivity index (χ0) is 27.8. The Bertz CT molecular complexity index is 1510. The molecule has 1 amide bonds. The van der Waals surface area contributed by atoms with Crippen molar-refractivity contribution in [3.05, 3.63) is 110 Å². The summed E-state index contributed by atoms with van der Waals surface area (Å²) >= 11 is 11.2. The molecule has 0 spiro atoms. The van der Waals surface area contributed by atoms with Crippen molar-refractivity contribution >= 4 is 61.8 Å². The summed E-state index contributed by atoms with van der Waals surface area (Å²) in [7, 11) is 1.66. The minimum atomic E-state index is -0.117. The predicted molar refractivity (Wildman–Crippen MR) is 168 cm³/mol. The smallest absolute Gasteiger partial charge is 0.262 e. The topological polar surface area (TPSA) is 48.4 Å². The van der Waals surface area contributed by atoms with Gasteiger partial charge >= 0.3 is 0 Å². The molecule has 0 aliphatic carbocycles. The van der Waals surface area contributed by atoms with Crippen LogP contribution in [-0.4, -0.2) is 54.2 Å². The molecule has 40 heavy (non-hydrogen) atoms. The fraction of sp³-hybridized carbons (Fsp3) is 0.226. The maximum Gasteiger partial charge on any atom is 0.262 e. The van der Waals surface area contributed by atoms with E-state index in [9.17, 15) is 4.79 Å². The molecule has 6 rings (SSSR count). The van der Waals surface area contributed by atoms with Crippen molar-refractivity contribution in [2.45, 2.75) is 13.0 Å². The average Bonchev–Trinajstić information content (AvgIpc) is 3.33. The highest BCUT2D eigenvalue weighted by atomic mass is 79.9. The summed E-state index contributed by atoms with van der Waals surface area (Å²) in [4.78, 5) is 26.1. The van der Waals surface area contributed by atoms with Gasteiger partial charge in [0.2, 0.25) is 0 Å². The molecule has 0 N–H and O–H groups in total. The minimum absolute atomic E-state index is 0.0657. The van der Waals surface area contributed by atoms with Crippen molar-refractivity contribution in [3.63, 3.8) is 0 Å². The van der Waals surface area contributed by atoms with Crippen LogP contribution in [0.3, 0.4) is 0 Å². The van der Waals surface area contributed by atoms with Gasteiger partial charge < -0.3 is 19.4 Å². The summed E-state index contributed by atoms with van der Waals surface area (Å²) < 4.78 is 6.40. The lowest BCUT2D eigenvalue weighted by Crippen LogP contribution is -2.49. The summed E-state index contributed by atoms with van der Waals surface area (Å²) in [5.41, 5.74) is 5.05. The second-order valence-electron chi connectivity index (χ2n) is 9.81. The zero-order valence-corrected chi connectivity index (χ0v) is 25.3. The van der Waals surface area contributed by atoms with Crippen LogP contribution in [0.4, 0.5) is 5.69 Å². The second-order valence-corrected chi connectivity index (χ2v) is 12.1. The van der Waals surface area contributed by atoms with E-state index in [1.807, 2.05) is 60.4 Å². The Balaban J connectivity index is 1.26. The van der Waals surface area contributed by atoms with Gasteiger partial charge in [0.25, 0.3) is 5.91 Å². The molecular formula is C31H28BrClN4O2S. The third-order valence-electron chi connectivity index (χ3n) is 7.45. The third-order valence-corrected chi connectivity index (χ3v) is 9.37. The van der Waals surface area contributed by atoms with Crippen LogP contribution < -0.4 is 9.64 Å². The SMILES string of the molecule is COc1ccc(C2=CC(c3ccc(Cl)cc3)N3C(=N2)SC(C(=O)N2CCN(c4ccc(Br)cc4)CC2)=C3C)cc1. The monoisotopic (exact) mass is 634 g/mol. The van der Waals surface area contributed by atoms with Crippen molar-refractivity contribution in [2.75, 3.05) is 38.2 Å². The van der Waals surface area contributed by atoms with Crippen molar-refractivity contribution in [1.29, 1.82) is 0 Å². The number of carbonyl (C=O) groups is 1. The molecule has 1 unspecified atom stereocenters. The zero-order valence-electron chi connectivity index (χ0n) is 22.2. The molecule has 1 fully saturated rings. The number of carbonyl (C=O) groups excluding carboxylic acids is 1. The van der Waals surface area contributed by atoms with Gasteiger partial charge in [-0.25, -0.2) is 4.99 Å². The lowest BCUT2D eigenvalue weighted by atomic mass is 10.00. The van der Waals surface area contributed by atoms with Gasteiger partial charge in [0.05, 0.1) is 23.8 Å². The number of rotatable bonds is 5. The summed E-state index contributed by atoms with van der Waals surface area (Å²) in [6.45, 7) is 4.97. The van der Waals surface area contributed by atoms with Gasteiger partial charge in [0, 0.05) is 52.6 Å². The van der Waals surface area contributed by atoms with E-state index in [1.165, 1.54) is 17.4 Å². The van der Waals surface area contributed by atoms with Crippen molar-refractivity contribution < 1.29 is 9.53 Å². The van der Waals surface area contributed by atoms with E-state index >= 15 is 0 Å². The van der Waals surface area contributed by atoms with Crippen LogP contribution in [0.5, 0.6) is 5.75 Å². The first-order valence-electron chi connectivity index (χ1n) is 13.1. The Morgan fingerprint density at radius 2 is 1.65 bits per heavy atom. The first-order chi connectivity index (χ1) is 19.4. The third kappa shape index (κ3) is 5.28. The van der Waals surface area contributed by atoms with E-state index in [4.69, 9.17) is 21.3 Å². The molecule has 0 radical (unpaired) electrons. The summed E-state index contributed by atoms with van der Waals surface area (Å²) in [5.74, 6) is 0.862.